The number of rotatable bonds is 1. The molecule has 12 heavy (non-hydrogen) atoms. The molecule has 1 heterocycles. The Hall–Kier alpha value is -0.790. The Morgan fingerprint density at radius 2 is 2.25 bits per heavy atom. The molecule has 0 atom stereocenters. The first-order valence-corrected chi connectivity index (χ1v) is 4.50. The third-order valence-corrected chi connectivity index (χ3v) is 2.03. The van der Waals surface area contributed by atoms with Gasteiger partial charge in [0.2, 0.25) is 0 Å². The summed E-state index contributed by atoms with van der Waals surface area (Å²) in [7, 11) is 0. The summed E-state index contributed by atoms with van der Waals surface area (Å²) >= 11 is 0. The van der Waals surface area contributed by atoms with E-state index in [1.807, 2.05) is 6.92 Å². The Balaban J connectivity index is 0.000000120. The average Bonchev–Trinajstić information content (AvgIpc) is 2.77. The molecule has 0 bridgehead atoms. The fourth-order valence-electron chi connectivity index (χ4n) is 1.03. The monoisotopic (exact) mass is 168 g/mol. The lowest BCUT2D eigenvalue weighted by Crippen LogP contribution is -1.88. The predicted molar refractivity (Wildman–Crippen MR) is 47.7 cm³/mol. The van der Waals surface area contributed by atoms with Gasteiger partial charge in [-0.15, -0.1) is 0 Å². The lowest BCUT2D eigenvalue weighted by Gasteiger charge is -1.89. The van der Waals surface area contributed by atoms with Crippen molar-refractivity contribution in [2.24, 2.45) is 5.92 Å². The summed E-state index contributed by atoms with van der Waals surface area (Å²) in [4.78, 5) is 10.2. The molecule has 1 saturated carbocycles. The van der Waals surface area contributed by atoms with Crippen molar-refractivity contribution in [1.29, 1.82) is 0 Å². The molecule has 2 rings (SSSR count). The van der Waals surface area contributed by atoms with Gasteiger partial charge in [0.05, 0.1) is 12.4 Å². The number of hydrogen-bond donors (Lipinski definition) is 0. The van der Waals surface area contributed by atoms with Crippen LogP contribution in [0.4, 0.5) is 0 Å². The van der Waals surface area contributed by atoms with Gasteiger partial charge in [0, 0.05) is 12.3 Å². The summed E-state index contributed by atoms with van der Waals surface area (Å²) in [6, 6.07) is 0. The van der Waals surface area contributed by atoms with Gasteiger partial charge in [-0.25, -0.2) is 0 Å². The van der Waals surface area contributed by atoms with Crippen LogP contribution in [0.2, 0.25) is 0 Å². The van der Waals surface area contributed by atoms with Gasteiger partial charge in [-0.1, -0.05) is 0 Å². The summed E-state index contributed by atoms with van der Waals surface area (Å²) in [5.41, 5.74) is 0. The highest BCUT2D eigenvalue weighted by atomic mass is 16.5. The molecule has 0 N–H and O–H groups in total. The first-order chi connectivity index (χ1) is 5.70. The fourth-order valence-corrected chi connectivity index (χ4v) is 1.03. The van der Waals surface area contributed by atoms with Crippen LogP contribution in [0.1, 0.15) is 33.1 Å². The maximum atomic E-state index is 10.2. The van der Waals surface area contributed by atoms with E-state index in [-0.39, 0.29) is 0 Å². The summed E-state index contributed by atoms with van der Waals surface area (Å²) in [5, 5.41) is 0. The van der Waals surface area contributed by atoms with Crippen LogP contribution in [0.5, 0.6) is 0 Å². The molecular formula is C10H16O2. The normalized spacial score (nSPS) is 20.3. The highest BCUT2D eigenvalue weighted by molar-refractivity contribution is 5.80. The second-order valence-corrected chi connectivity index (χ2v) is 3.34. The molecule has 0 aromatic carbocycles. The summed E-state index contributed by atoms with van der Waals surface area (Å²) in [5.74, 6) is 1.91. The van der Waals surface area contributed by atoms with Gasteiger partial charge < -0.3 is 4.74 Å². The van der Waals surface area contributed by atoms with Gasteiger partial charge in [-0.2, -0.15) is 0 Å². The van der Waals surface area contributed by atoms with Crippen LogP contribution < -0.4 is 0 Å². The maximum Gasteiger partial charge on any atom is 0.132 e. The second-order valence-electron chi connectivity index (χ2n) is 3.34. The quantitative estimate of drug-likeness (QED) is 0.600. The minimum absolute atomic E-state index is 0.370. The molecule has 1 fully saturated rings. The van der Waals surface area contributed by atoms with E-state index in [9.17, 15) is 4.79 Å². The molecule has 0 unspecified atom stereocenters. The first-order valence-electron chi connectivity index (χ1n) is 4.50. The molecule has 2 nitrogen and oxygen atoms in total. The molecule has 2 aliphatic rings. The van der Waals surface area contributed by atoms with Crippen LogP contribution in [-0.4, -0.2) is 12.4 Å². The average molecular weight is 168 g/mol. The smallest absolute Gasteiger partial charge is 0.132 e. The van der Waals surface area contributed by atoms with Crippen molar-refractivity contribution in [2.45, 2.75) is 33.1 Å². The first kappa shape index (κ1) is 9.30. The minimum Gasteiger partial charge on any atom is -0.498 e. The summed E-state index contributed by atoms with van der Waals surface area (Å²) in [6.45, 7) is 4.54. The number of ketones is 1. The highest BCUT2D eigenvalue weighted by Gasteiger charge is 2.25. The lowest BCUT2D eigenvalue weighted by atomic mass is 10.3. The van der Waals surface area contributed by atoms with Gasteiger partial charge >= 0.3 is 0 Å². The Kier molecular flexibility index (Phi) is 3.32. The van der Waals surface area contributed by atoms with Crippen LogP contribution in [-0.2, 0) is 9.53 Å². The largest absolute Gasteiger partial charge is 0.498 e. The van der Waals surface area contributed by atoms with Crippen molar-refractivity contribution in [3.8, 4) is 0 Å². The lowest BCUT2D eigenvalue weighted by molar-refractivity contribution is -0.118. The molecular weight excluding hydrogens is 152 g/mol. The molecule has 1 aliphatic carbocycles. The van der Waals surface area contributed by atoms with Gasteiger partial charge in [-0.05, 0) is 32.8 Å². The molecule has 0 amide bonds. The van der Waals surface area contributed by atoms with Crippen LogP contribution >= 0.6 is 0 Å². The molecule has 0 radical (unpaired) electrons. The van der Waals surface area contributed by atoms with Crippen molar-refractivity contribution < 1.29 is 9.53 Å². The standard InChI is InChI=1S/2C5H8O/c1-5-3-2-4-6-5;1-4(6)5-2-3-5/h3H,2,4H2,1H3;5H,2-3H2,1H3. The number of ether oxygens (including phenoxy) is 1. The Morgan fingerprint density at radius 3 is 2.33 bits per heavy atom. The maximum absolute atomic E-state index is 10.2. The Morgan fingerprint density at radius 1 is 1.58 bits per heavy atom. The zero-order valence-corrected chi connectivity index (χ0v) is 7.80. The second kappa shape index (κ2) is 4.29. The summed E-state index contributed by atoms with van der Waals surface area (Å²) in [6.07, 6.45) is 5.50. The van der Waals surface area contributed by atoms with Gasteiger partial charge in [0.15, 0.2) is 0 Å². The van der Waals surface area contributed by atoms with Crippen molar-refractivity contribution in [3.63, 3.8) is 0 Å². The van der Waals surface area contributed by atoms with Gasteiger partial charge in [-0.3, -0.25) is 4.79 Å². The Bertz CT molecular complexity index is 190. The number of carbonyl (C=O) groups is 1. The van der Waals surface area contributed by atoms with Crippen molar-refractivity contribution in [2.75, 3.05) is 6.61 Å². The third kappa shape index (κ3) is 3.56. The van der Waals surface area contributed by atoms with Crippen LogP contribution in [0.25, 0.3) is 0 Å². The van der Waals surface area contributed by atoms with E-state index in [0.29, 0.717) is 11.7 Å². The molecule has 0 spiro atoms. The van der Waals surface area contributed by atoms with Crippen LogP contribution in [0.3, 0.4) is 0 Å². The van der Waals surface area contributed by atoms with Gasteiger partial charge in [0.1, 0.15) is 5.78 Å². The molecule has 0 aromatic rings. The highest BCUT2D eigenvalue weighted by Crippen LogP contribution is 2.29. The predicted octanol–water partition coefficient (Wildman–Crippen LogP) is 2.30. The van der Waals surface area contributed by atoms with E-state index in [4.69, 9.17) is 4.74 Å². The molecule has 2 heteroatoms. The van der Waals surface area contributed by atoms with Crippen molar-refractivity contribution in [3.05, 3.63) is 11.8 Å². The van der Waals surface area contributed by atoms with E-state index in [1.54, 1.807) is 6.92 Å². The zero-order valence-electron chi connectivity index (χ0n) is 7.80. The molecule has 0 saturated heterocycles. The third-order valence-electron chi connectivity index (χ3n) is 2.03. The Labute approximate surface area is 73.6 Å². The fraction of sp³-hybridized carbons (Fsp3) is 0.700. The minimum atomic E-state index is 0.370. The molecule has 68 valence electrons. The van der Waals surface area contributed by atoms with Crippen LogP contribution in [0.15, 0.2) is 11.8 Å². The van der Waals surface area contributed by atoms with E-state index in [1.165, 1.54) is 0 Å². The number of Topliss-reactive ketones (excluding diaryl/α,β-unsaturated/α-hetero) is 1. The van der Waals surface area contributed by atoms with E-state index < -0.39 is 0 Å². The van der Waals surface area contributed by atoms with Crippen LogP contribution in [0, 0.1) is 5.92 Å². The van der Waals surface area contributed by atoms with E-state index in [2.05, 4.69) is 6.08 Å². The topological polar surface area (TPSA) is 26.3 Å². The SMILES string of the molecule is CC(=O)C1CC1.CC1=CCCO1. The zero-order chi connectivity index (χ0) is 8.97. The summed E-state index contributed by atoms with van der Waals surface area (Å²) < 4.78 is 5.01. The van der Waals surface area contributed by atoms with E-state index >= 15 is 0 Å². The number of allylic oxidation sites excluding steroid dienone is 1. The number of hydrogen-bond acceptors (Lipinski definition) is 2. The molecule has 1 aliphatic heterocycles. The van der Waals surface area contributed by atoms with E-state index in [0.717, 1.165) is 31.6 Å². The van der Waals surface area contributed by atoms with Crippen molar-refractivity contribution >= 4 is 5.78 Å². The van der Waals surface area contributed by atoms with Crippen molar-refractivity contribution in [1.82, 2.24) is 0 Å². The van der Waals surface area contributed by atoms with Gasteiger partial charge in [0.25, 0.3) is 0 Å². The molecule has 0 aromatic heterocycles. The number of carbonyl (C=O) groups excluding carboxylic acids is 1.